The van der Waals surface area contributed by atoms with Gasteiger partial charge in [-0.2, -0.15) is 8.78 Å². The second-order valence-electron chi connectivity index (χ2n) is 3.15. The molecule has 96 valence electrons. The second-order valence-corrected chi connectivity index (χ2v) is 4.99. The van der Waals surface area contributed by atoms with E-state index in [0.29, 0.717) is 6.42 Å². The van der Waals surface area contributed by atoms with Crippen LogP contribution in [0.5, 0.6) is 5.75 Å². The van der Waals surface area contributed by atoms with E-state index in [1.165, 1.54) is 18.3 Å². The van der Waals surface area contributed by atoms with Crippen LogP contribution in [-0.4, -0.2) is 25.8 Å². The number of nitrogens with zero attached hydrogens (tertiary/aromatic N) is 1. The fourth-order valence-corrected chi connectivity index (χ4v) is 2.21. The lowest BCUT2D eigenvalue weighted by atomic mass is 10.4. The first-order valence-electron chi connectivity index (χ1n) is 4.85. The first-order chi connectivity index (χ1) is 7.94. The van der Waals surface area contributed by atoms with E-state index in [1.54, 1.807) is 6.92 Å². The van der Waals surface area contributed by atoms with Gasteiger partial charge in [0.1, 0.15) is 0 Å². The van der Waals surface area contributed by atoms with Crippen LogP contribution in [-0.2, 0) is 10.0 Å². The van der Waals surface area contributed by atoms with Crippen LogP contribution < -0.4 is 9.46 Å². The van der Waals surface area contributed by atoms with Crippen LogP contribution >= 0.6 is 0 Å². The van der Waals surface area contributed by atoms with Crippen molar-refractivity contribution >= 4 is 15.8 Å². The molecule has 0 aliphatic carbocycles. The standard InChI is InChI=1S/C9H12F2N2O3S/c1-2-6-17(14,15)13-8-7(16-9(10)11)4-3-5-12-8/h3-5,9H,2,6H2,1H3,(H,12,13). The fraction of sp³-hybridized carbons (Fsp3) is 0.444. The molecule has 1 rings (SSSR count). The van der Waals surface area contributed by atoms with Crippen molar-refractivity contribution in [2.75, 3.05) is 10.5 Å². The SMILES string of the molecule is CCCS(=O)(=O)Nc1ncccc1OC(F)F. The Morgan fingerprint density at radius 3 is 2.82 bits per heavy atom. The Labute approximate surface area is 97.9 Å². The van der Waals surface area contributed by atoms with Crippen LogP contribution in [0.4, 0.5) is 14.6 Å². The molecule has 0 bridgehead atoms. The third-order valence-electron chi connectivity index (χ3n) is 1.71. The molecular formula is C9H12F2N2O3S. The summed E-state index contributed by atoms with van der Waals surface area (Å²) in [5.74, 6) is -0.652. The summed E-state index contributed by atoms with van der Waals surface area (Å²) in [6.07, 6.45) is 1.69. The van der Waals surface area contributed by atoms with Crippen molar-refractivity contribution in [3.05, 3.63) is 18.3 Å². The molecule has 0 saturated heterocycles. The molecule has 0 aliphatic heterocycles. The largest absolute Gasteiger partial charge is 0.431 e. The van der Waals surface area contributed by atoms with Gasteiger partial charge in [-0.25, -0.2) is 13.4 Å². The summed E-state index contributed by atoms with van der Waals surface area (Å²) < 4.78 is 53.2. The number of pyridine rings is 1. The van der Waals surface area contributed by atoms with Crippen molar-refractivity contribution in [2.45, 2.75) is 20.0 Å². The average molecular weight is 266 g/mol. The highest BCUT2D eigenvalue weighted by atomic mass is 32.2. The molecule has 0 aliphatic rings. The lowest BCUT2D eigenvalue weighted by Gasteiger charge is -2.11. The molecule has 0 amide bonds. The highest BCUT2D eigenvalue weighted by Gasteiger charge is 2.15. The lowest BCUT2D eigenvalue weighted by molar-refractivity contribution is -0.0495. The number of hydrogen-bond acceptors (Lipinski definition) is 4. The molecule has 0 atom stereocenters. The van der Waals surface area contributed by atoms with Gasteiger partial charge in [0.25, 0.3) is 0 Å². The highest BCUT2D eigenvalue weighted by Crippen LogP contribution is 2.23. The molecule has 1 aromatic rings. The van der Waals surface area contributed by atoms with Gasteiger partial charge in [-0.1, -0.05) is 6.92 Å². The van der Waals surface area contributed by atoms with Crippen LogP contribution in [0, 0.1) is 0 Å². The van der Waals surface area contributed by atoms with Crippen LogP contribution in [0.15, 0.2) is 18.3 Å². The maximum atomic E-state index is 12.1. The van der Waals surface area contributed by atoms with E-state index < -0.39 is 16.6 Å². The summed E-state index contributed by atoms with van der Waals surface area (Å²) in [7, 11) is -3.58. The Hall–Kier alpha value is -1.44. The van der Waals surface area contributed by atoms with Gasteiger partial charge in [0.15, 0.2) is 11.6 Å². The fourth-order valence-electron chi connectivity index (χ4n) is 1.13. The van der Waals surface area contributed by atoms with E-state index in [4.69, 9.17) is 0 Å². The van der Waals surface area contributed by atoms with Crippen molar-refractivity contribution in [1.29, 1.82) is 0 Å². The maximum Gasteiger partial charge on any atom is 0.387 e. The zero-order valence-electron chi connectivity index (χ0n) is 9.06. The van der Waals surface area contributed by atoms with E-state index in [-0.39, 0.29) is 17.3 Å². The van der Waals surface area contributed by atoms with Gasteiger partial charge in [0.2, 0.25) is 10.0 Å². The van der Waals surface area contributed by atoms with Crippen LogP contribution in [0.3, 0.4) is 0 Å². The Kier molecular flexibility index (Phi) is 4.62. The van der Waals surface area contributed by atoms with E-state index >= 15 is 0 Å². The monoisotopic (exact) mass is 266 g/mol. The van der Waals surface area contributed by atoms with Gasteiger partial charge in [-0.15, -0.1) is 0 Å². The van der Waals surface area contributed by atoms with Crippen molar-refractivity contribution in [3.8, 4) is 5.75 Å². The van der Waals surface area contributed by atoms with Crippen molar-refractivity contribution in [1.82, 2.24) is 4.98 Å². The summed E-state index contributed by atoms with van der Waals surface area (Å²) in [5.41, 5.74) is 0. The van der Waals surface area contributed by atoms with Crippen LogP contribution in [0.25, 0.3) is 0 Å². The van der Waals surface area contributed by atoms with Crippen molar-refractivity contribution in [3.63, 3.8) is 0 Å². The smallest absolute Gasteiger partial charge is 0.387 e. The molecular weight excluding hydrogens is 254 g/mol. The quantitative estimate of drug-likeness (QED) is 0.853. The first kappa shape index (κ1) is 13.6. The molecule has 0 radical (unpaired) electrons. The van der Waals surface area contributed by atoms with E-state index in [1.807, 2.05) is 0 Å². The zero-order chi connectivity index (χ0) is 12.9. The van der Waals surface area contributed by atoms with Gasteiger partial charge < -0.3 is 4.74 Å². The number of halogens is 2. The van der Waals surface area contributed by atoms with E-state index in [9.17, 15) is 17.2 Å². The normalized spacial score (nSPS) is 11.5. The Bertz CT molecular complexity index is 465. The third-order valence-corrected chi connectivity index (χ3v) is 3.16. The molecule has 0 aromatic carbocycles. The number of rotatable bonds is 6. The van der Waals surface area contributed by atoms with Gasteiger partial charge >= 0.3 is 6.61 Å². The first-order valence-corrected chi connectivity index (χ1v) is 6.50. The van der Waals surface area contributed by atoms with Crippen LogP contribution in [0.2, 0.25) is 0 Å². The van der Waals surface area contributed by atoms with Gasteiger partial charge in [-0.3, -0.25) is 4.72 Å². The molecule has 0 spiro atoms. The van der Waals surface area contributed by atoms with E-state index in [2.05, 4.69) is 14.4 Å². The van der Waals surface area contributed by atoms with Gasteiger partial charge in [0, 0.05) is 6.20 Å². The third kappa shape index (κ3) is 4.51. The topological polar surface area (TPSA) is 68.3 Å². The summed E-state index contributed by atoms with van der Waals surface area (Å²) in [4.78, 5) is 3.65. The number of aromatic nitrogens is 1. The molecule has 0 saturated carbocycles. The maximum absolute atomic E-state index is 12.1. The van der Waals surface area contributed by atoms with Crippen LogP contribution in [0.1, 0.15) is 13.3 Å². The minimum Gasteiger partial charge on any atom is -0.431 e. The van der Waals surface area contributed by atoms with Crippen molar-refractivity contribution in [2.24, 2.45) is 0 Å². The molecule has 8 heteroatoms. The summed E-state index contributed by atoms with van der Waals surface area (Å²) >= 11 is 0. The minimum atomic E-state index is -3.58. The van der Waals surface area contributed by atoms with Gasteiger partial charge in [0.05, 0.1) is 5.75 Å². The zero-order valence-corrected chi connectivity index (χ0v) is 9.88. The molecule has 1 aromatic heterocycles. The average Bonchev–Trinajstić information content (AvgIpc) is 2.19. The summed E-state index contributed by atoms with van der Waals surface area (Å²) in [5, 5.41) is 0. The minimum absolute atomic E-state index is 0.113. The summed E-state index contributed by atoms with van der Waals surface area (Å²) in [6, 6.07) is 2.58. The molecule has 0 unspecified atom stereocenters. The molecule has 1 heterocycles. The predicted octanol–water partition coefficient (Wildman–Crippen LogP) is 1.83. The number of hydrogen-bond donors (Lipinski definition) is 1. The molecule has 5 nitrogen and oxygen atoms in total. The highest BCUT2D eigenvalue weighted by molar-refractivity contribution is 7.92. The molecule has 0 fully saturated rings. The number of sulfonamides is 1. The Morgan fingerprint density at radius 1 is 1.53 bits per heavy atom. The molecule has 17 heavy (non-hydrogen) atoms. The van der Waals surface area contributed by atoms with Crippen molar-refractivity contribution < 1.29 is 21.9 Å². The Morgan fingerprint density at radius 2 is 2.24 bits per heavy atom. The van der Waals surface area contributed by atoms with Gasteiger partial charge in [-0.05, 0) is 18.6 Å². The number of anilines is 1. The number of alkyl halides is 2. The number of ether oxygens (including phenoxy) is 1. The predicted molar refractivity (Wildman–Crippen MR) is 58.6 cm³/mol. The Balaban J connectivity index is 2.90. The van der Waals surface area contributed by atoms with E-state index in [0.717, 1.165) is 0 Å². The molecule has 1 N–H and O–H groups in total. The lowest BCUT2D eigenvalue weighted by Crippen LogP contribution is -2.18. The number of nitrogens with one attached hydrogen (secondary N) is 1. The summed E-state index contributed by atoms with van der Waals surface area (Å²) in [6.45, 7) is -1.34. The second kappa shape index (κ2) is 5.76.